The second-order valence-corrected chi connectivity index (χ2v) is 5.59. The maximum absolute atomic E-state index is 12.6. The summed E-state index contributed by atoms with van der Waals surface area (Å²) in [4.78, 5) is 12.6. The Balaban J connectivity index is 2.24. The van der Waals surface area contributed by atoms with E-state index in [9.17, 15) is 4.79 Å². The van der Waals surface area contributed by atoms with E-state index in [1.165, 1.54) is 0 Å². The van der Waals surface area contributed by atoms with E-state index in [1.807, 2.05) is 60.7 Å². The van der Waals surface area contributed by atoms with Gasteiger partial charge in [-0.3, -0.25) is 4.79 Å². The molecular formula is C18H20N2O. The Labute approximate surface area is 125 Å². The molecule has 2 aromatic rings. The van der Waals surface area contributed by atoms with Gasteiger partial charge in [-0.15, -0.1) is 0 Å². The Morgan fingerprint density at radius 3 is 1.90 bits per heavy atom. The van der Waals surface area contributed by atoms with E-state index in [0.29, 0.717) is 0 Å². The van der Waals surface area contributed by atoms with E-state index in [0.717, 1.165) is 30.6 Å². The fourth-order valence-electron chi connectivity index (χ4n) is 3.55. The smallest absolute Gasteiger partial charge is 0.232 e. The fraction of sp³-hybridized carbons (Fsp3) is 0.278. The molecule has 0 aromatic heterocycles. The van der Waals surface area contributed by atoms with Gasteiger partial charge in [0.15, 0.2) is 0 Å². The van der Waals surface area contributed by atoms with Crippen LogP contribution in [0, 0.1) is 5.92 Å². The molecule has 3 N–H and O–H groups in total. The van der Waals surface area contributed by atoms with Crippen molar-refractivity contribution in [3.05, 3.63) is 71.8 Å². The summed E-state index contributed by atoms with van der Waals surface area (Å²) in [7, 11) is 0. The molecular weight excluding hydrogens is 260 g/mol. The molecule has 1 amide bonds. The van der Waals surface area contributed by atoms with Crippen molar-refractivity contribution in [2.75, 3.05) is 13.1 Å². The molecule has 1 heterocycles. The van der Waals surface area contributed by atoms with E-state index < -0.39 is 5.41 Å². The average molecular weight is 280 g/mol. The Kier molecular flexibility index (Phi) is 3.76. The Bertz CT molecular complexity index is 564. The van der Waals surface area contributed by atoms with Gasteiger partial charge in [0.2, 0.25) is 5.91 Å². The third kappa shape index (κ3) is 2.24. The molecule has 0 bridgehead atoms. The molecule has 108 valence electrons. The molecule has 3 rings (SSSR count). The second kappa shape index (κ2) is 5.70. The molecule has 0 aliphatic carbocycles. The van der Waals surface area contributed by atoms with Crippen molar-refractivity contribution in [2.24, 2.45) is 11.7 Å². The lowest BCUT2D eigenvalue weighted by Crippen LogP contribution is -2.49. The van der Waals surface area contributed by atoms with Crippen LogP contribution in [0.2, 0.25) is 0 Å². The molecule has 3 heteroatoms. The van der Waals surface area contributed by atoms with Crippen LogP contribution in [-0.4, -0.2) is 19.0 Å². The van der Waals surface area contributed by atoms with Gasteiger partial charge in [0.25, 0.3) is 0 Å². The van der Waals surface area contributed by atoms with Gasteiger partial charge in [0.05, 0.1) is 0 Å². The Morgan fingerprint density at radius 2 is 1.52 bits per heavy atom. The van der Waals surface area contributed by atoms with Crippen molar-refractivity contribution in [2.45, 2.75) is 11.8 Å². The largest absolute Gasteiger partial charge is 0.369 e. The minimum atomic E-state index is -0.758. The van der Waals surface area contributed by atoms with Gasteiger partial charge in [-0.1, -0.05) is 60.7 Å². The molecule has 2 aromatic carbocycles. The highest BCUT2D eigenvalue weighted by Gasteiger charge is 2.48. The molecule has 0 saturated carbocycles. The van der Waals surface area contributed by atoms with Crippen LogP contribution in [0.25, 0.3) is 0 Å². The van der Waals surface area contributed by atoms with Crippen molar-refractivity contribution in [3.63, 3.8) is 0 Å². The third-order valence-corrected chi connectivity index (χ3v) is 4.52. The van der Waals surface area contributed by atoms with E-state index in [-0.39, 0.29) is 11.8 Å². The predicted octanol–water partition coefficient (Wildman–Crippen LogP) is 2.07. The lowest BCUT2D eigenvalue weighted by molar-refractivity contribution is -0.123. The van der Waals surface area contributed by atoms with Crippen molar-refractivity contribution in [1.82, 2.24) is 5.32 Å². The maximum Gasteiger partial charge on any atom is 0.232 e. The number of benzene rings is 2. The average Bonchev–Trinajstić information content (AvgIpc) is 3.04. The maximum atomic E-state index is 12.6. The molecule has 3 nitrogen and oxygen atoms in total. The van der Waals surface area contributed by atoms with Gasteiger partial charge in [-0.05, 0) is 36.6 Å². The predicted molar refractivity (Wildman–Crippen MR) is 83.8 cm³/mol. The highest BCUT2D eigenvalue weighted by atomic mass is 16.1. The minimum absolute atomic E-state index is 0.180. The monoisotopic (exact) mass is 280 g/mol. The normalized spacial score (nSPS) is 18.6. The van der Waals surface area contributed by atoms with Gasteiger partial charge in [-0.25, -0.2) is 0 Å². The van der Waals surface area contributed by atoms with E-state index in [4.69, 9.17) is 5.73 Å². The first-order chi connectivity index (χ1) is 10.3. The first-order valence-corrected chi connectivity index (χ1v) is 7.38. The molecule has 0 unspecified atom stereocenters. The number of nitrogens with two attached hydrogens (primary N) is 1. The summed E-state index contributed by atoms with van der Waals surface area (Å²) in [6.07, 6.45) is 0.951. The molecule has 1 fully saturated rings. The quantitative estimate of drug-likeness (QED) is 0.901. The van der Waals surface area contributed by atoms with Crippen LogP contribution < -0.4 is 11.1 Å². The van der Waals surface area contributed by atoms with Gasteiger partial charge in [0, 0.05) is 0 Å². The Hall–Kier alpha value is -2.13. The molecule has 21 heavy (non-hydrogen) atoms. The summed E-state index contributed by atoms with van der Waals surface area (Å²) in [6.45, 7) is 1.74. The van der Waals surface area contributed by atoms with Crippen molar-refractivity contribution >= 4 is 5.91 Å². The number of nitrogens with one attached hydrogen (secondary N) is 1. The van der Waals surface area contributed by atoms with Crippen LogP contribution in [-0.2, 0) is 10.2 Å². The van der Waals surface area contributed by atoms with Crippen LogP contribution >= 0.6 is 0 Å². The fourth-order valence-corrected chi connectivity index (χ4v) is 3.55. The van der Waals surface area contributed by atoms with Gasteiger partial charge < -0.3 is 11.1 Å². The first kappa shape index (κ1) is 13.8. The summed E-state index contributed by atoms with van der Waals surface area (Å²) >= 11 is 0. The summed E-state index contributed by atoms with van der Waals surface area (Å²) in [5.41, 5.74) is 7.16. The topological polar surface area (TPSA) is 55.1 Å². The lowest BCUT2D eigenvalue weighted by atomic mass is 9.65. The summed E-state index contributed by atoms with van der Waals surface area (Å²) in [5, 5.41) is 3.36. The van der Waals surface area contributed by atoms with E-state index in [2.05, 4.69) is 5.32 Å². The summed E-state index contributed by atoms with van der Waals surface area (Å²) < 4.78 is 0. The molecule has 0 spiro atoms. The number of rotatable bonds is 4. The van der Waals surface area contributed by atoms with Crippen molar-refractivity contribution in [1.29, 1.82) is 0 Å². The third-order valence-electron chi connectivity index (χ3n) is 4.52. The van der Waals surface area contributed by atoms with Crippen LogP contribution in [0.4, 0.5) is 0 Å². The Morgan fingerprint density at radius 1 is 1.00 bits per heavy atom. The van der Waals surface area contributed by atoms with Crippen LogP contribution in [0.3, 0.4) is 0 Å². The first-order valence-electron chi connectivity index (χ1n) is 7.38. The van der Waals surface area contributed by atoms with Crippen molar-refractivity contribution in [3.8, 4) is 0 Å². The number of amides is 1. The molecule has 1 atom stereocenters. The van der Waals surface area contributed by atoms with Crippen LogP contribution in [0.15, 0.2) is 60.7 Å². The number of primary amides is 1. The zero-order valence-corrected chi connectivity index (χ0v) is 12.0. The number of carbonyl (C=O) groups excluding carboxylic acids is 1. The summed E-state index contributed by atoms with van der Waals surface area (Å²) in [6, 6.07) is 19.9. The molecule has 0 radical (unpaired) electrons. The van der Waals surface area contributed by atoms with Crippen LogP contribution in [0.1, 0.15) is 17.5 Å². The second-order valence-electron chi connectivity index (χ2n) is 5.59. The highest BCUT2D eigenvalue weighted by Crippen LogP contribution is 2.41. The summed E-state index contributed by atoms with van der Waals surface area (Å²) in [5.74, 6) is -0.0894. The highest BCUT2D eigenvalue weighted by molar-refractivity contribution is 5.91. The molecule has 1 aliphatic rings. The molecule has 1 aliphatic heterocycles. The van der Waals surface area contributed by atoms with Crippen LogP contribution in [0.5, 0.6) is 0 Å². The van der Waals surface area contributed by atoms with E-state index >= 15 is 0 Å². The lowest BCUT2D eigenvalue weighted by Gasteiger charge is -2.37. The minimum Gasteiger partial charge on any atom is -0.369 e. The zero-order chi connectivity index (χ0) is 14.7. The SMILES string of the molecule is NC(=O)C(c1ccccc1)(c1ccccc1)[C@H]1CCNC1. The number of hydrogen-bond donors (Lipinski definition) is 2. The van der Waals surface area contributed by atoms with Crippen molar-refractivity contribution < 1.29 is 4.79 Å². The zero-order valence-electron chi connectivity index (χ0n) is 12.0. The van der Waals surface area contributed by atoms with Gasteiger partial charge in [0.1, 0.15) is 5.41 Å². The number of hydrogen-bond acceptors (Lipinski definition) is 2. The number of carbonyl (C=O) groups is 1. The van der Waals surface area contributed by atoms with E-state index in [1.54, 1.807) is 0 Å². The standard InChI is InChI=1S/C18H20N2O/c19-17(21)18(16-11-12-20-13-16,14-7-3-1-4-8-14)15-9-5-2-6-10-15/h1-10,16,20H,11-13H2,(H2,19,21)/t16-/m0/s1. The van der Waals surface area contributed by atoms with Gasteiger partial charge >= 0.3 is 0 Å². The molecule has 1 saturated heterocycles. The van der Waals surface area contributed by atoms with Gasteiger partial charge in [-0.2, -0.15) is 0 Å².